The van der Waals surface area contributed by atoms with Gasteiger partial charge in [0, 0.05) is 10.0 Å². The Labute approximate surface area is 164 Å². The van der Waals surface area contributed by atoms with Gasteiger partial charge in [0.05, 0.1) is 0 Å². The zero-order chi connectivity index (χ0) is 19.5. The molecule has 0 aromatic heterocycles. The molecule has 26 heavy (non-hydrogen) atoms. The first-order chi connectivity index (χ1) is 12.0. The van der Waals surface area contributed by atoms with Crippen LogP contribution in [0, 0.1) is 0 Å². The summed E-state index contributed by atoms with van der Waals surface area (Å²) in [4.78, 5) is 12.1. The Morgan fingerprint density at radius 3 is 2.08 bits per heavy atom. The fourth-order valence-electron chi connectivity index (χ4n) is 2.53. The van der Waals surface area contributed by atoms with Crippen molar-refractivity contribution in [1.29, 1.82) is 0 Å². The molecule has 0 aliphatic heterocycles. The van der Waals surface area contributed by atoms with Crippen molar-refractivity contribution < 1.29 is 14.3 Å². The average molecular weight is 419 g/mol. The van der Waals surface area contributed by atoms with Crippen molar-refractivity contribution in [3.8, 4) is 11.5 Å². The van der Waals surface area contributed by atoms with Gasteiger partial charge in [-0.1, -0.05) is 69.6 Å². The zero-order valence-electron chi connectivity index (χ0n) is 16.4. The molecule has 0 saturated carbocycles. The van der Waals surface area contributed by atoms with E-state index in [0.29, 0.717) is 11.5 Å². The summed E-state index contributed by atoms with van der Waals surface area (Å²) in [6.45, 7) is 12.6. The molecule has 3 nitrogen and oxygen atoms in total. The third-order valence-electron chi connectivity index (χ3n) is 4.05. The van der Waals surface area contributed by atoms with Gasteiger partial charge in [0.1, 0.15) is 11.5 Å². The highest BCUT2D eigenvalue weighted by molar-refractivity contribution is 9.10. The third-order valence-corrected chi connectivity index (χ3v) is 4.54. The van der Waals surface area contributed by atoms with Crippen LogP contribution in [-0.2, 0) is 15.6 Å². The van der Waals surface area contributed by atoms with Crippen molar-refractivity contribution in [2.24, 2.45) is 0 Å². The van der Waals surface area contributed by atoms with Crippen LogP contribution >= 0.6 is 15.9 Å². The number of benzene rings is 2. The third kappa shape index (κ3) is 5.60. The summed E-state index contributed by atoms with van der Waals surface area (Å²) in [7, 11) is 0. The van der Waals surface area contributed by atoms with Crippen LogP contribution in [0.5, 0.6) is 11.5 Å². The SMILES string of the molecule is CC(C)(C)c1ccc(OC(=O)COc2ccc(Br)cc2C(C)(C)C)cc1. The molecule has 0 atom stereocenters. The van der Waals surface area contributed by atoms with Gasteiger partial charge in [-0.25, -0.2) is 4.79 Å². The smallest absolute Gasteiger partial charge is 0.349 e. The number of hydrogen-bond donors (Lipinski definition) is 0. The van der Waals surface area contributed by atoms with Crippen molar-refractivity contribution in [3.63, 3.8) is 0 Å². The van der Waals surface area contributed by atoms with Crippen molar-refractivity contribution in [1.82, 2.24) is 0 Å². The number of rotatable bonds is 4. The van der Waals surface area contributed by atoms with E-state index in [1.807, 2.05) is 42.5 Å². The molecule has 0 spiro atoms. The Bertz CT molecular complexity index is 765. The van der Waals surface area contributed by atoms with E-state index in [4.69, 9.17) is 9.47 Å². The minimum Gasteiger partial charge on any atom is -0.482 e. The minimum absolute atomic E-state index is 0.0661. The molecule has 0 bridgehead atoms. The van der Waals surface area contributed by atoms with Crippen LogP contribution in [0.2, 0.25) is 0 Å². The number of hydrogen-bond acceptors (Lipinski definition) is 3. The van der Waals surface area contributed by atoms with E-state index in [-0.39, 0.29) is 17.4 Å². The lowest BCUT2D eigenvalue weighted by molar-refractivity contribution is -0.136. The van der Waals surface area contributed by atoms with E-state index < -0.39 is 5.97 Å². The van der Waals surface area contributed by atoms with E-state index in [2.05, 4.69) is 57.5 Å². The van der Waals surface area contributed by atoms with Gasteiger partial charge in [-0.3, -0.25) is 0 Å². The summed E-state index contributed by atoms with van der Waals surface area (Å²) in [5, 5.41) is 0. The normalized spacial score (nSPS) is 12.0. The van der Waals surface area contributed by atoms with Gasteiger partial charge in [-0.2, -0.15) is 0 Å². The van der Waals surface area contributed by atoms with Crippen molar-refractivity contribution in [3.05, 3.63) is 58.1 Å². The van der Waals surface area contributed by atoms with Crippen molar-refractivity contribution in [2.75, 3.05) is 6.61 Å². The number of esters is 1. The van der Waals surface area contributed by atoms with Crippen LogP contribution in [0.4, 0.5) is 0 Å². The van der Waals surface area contributed by atoms with Crippen LogP contribution < -0.4 is 9.47 Å². The molecule has 140 valence electrons. The molecule has 2 rings (SSSR count). The molecule has 0 fully saturated rings. The molecule has 2 aromatic rings. The molecule has 0 radical (unpaired) electrons. The molecule has 0 saturated heterocycles. The minimum atomic E-state index is -0.420. The van der Waals surface area contributed by atoms with Crippen LogP contribution in [-0.4, -0.2) is 12.6 Å². The number of ether oxygens (including phenoxy) is 2. The molecule has 0 unspecified atom stereocenters. The second kappa shape index (κ2) is 7.83. The van der Waals surface area contributed by atoms with Gasteiger partial charge >= 0.3 is 5.97 Å². The van der Waals surface area contributed by atoms with Crippen LogP contribution in [0.1, 0.15) is 52.7 Å². The summed E-state index contributed by atoms with van der Waals surface area (Å²) < 4.78 is 12.1. The first-order valence-corrected chi connectivity index (χ1v) is 9.50. The maximum Gasteiger partial charge on any atom is 0.349 e. The summed E-state index contributed by atoms with van der Waals surface area (Å²) in [5.41, 5.74) is 2.20. The Balaban J connectivity index is 2.02. The summed E-state index contributed by atoms with van der Waals surface area (Å²) in [6.07, 6.45) is 0. The predicted octanol–water partition coefficient (Wildman–Crippen LogP) is 6.03. The van der Waals surface area contributed by atoms with Gasteiger partial charge < -0.3 is 9.47 Å². The lowest BCUT2D eigenvalue weighted by Gasteiger charge is -2.23. The monoisotopic (exact) mass is 418 g/mol. The molecular weight excluding hydrogens is 392 g/mol. The quantitative estimate of drug-likeness (QED) is 0.449. The van der Waals surface area contributed by atoms with Gasteiger partial charge in [-0.15, -0.1) is 0 Å². The lowest BCUT2D eigenvalue weighted by atomic mass is 9.86. The van der Waals surface area contributed by atoms with E-state index in [1.54, 1.807) is 0 Å². The maximum absolute atomic E-state index is 12.1. The first-order valence-electron chi connectivity index (χ1n) is 8.71. The molecular formula is C22H27BrO3. The average Bonchev–Trinajstić information content (AvgIpc) is 2.52. The van der Waals surface area contributed by atoms with E-state index in [1.165, 1.54) is 5.56 Å². The Hall–Kier alpha value is -1.81. The van der Waals surface area contributed by atoms with Gasteiger partial charge in [0.2, 0.25) is 0 Å². The van der Waals surface area contributed by atoms with Gasteiger partial charge in [0.15, 0.2) is 6.61 Å². The van der Waals surface area contributed by atoms with E-state index in [0.717, 1.165) is 10.0 Å². The largest absolute Gasteiger partial charge is 0.482 e. The van der Waals surface area contributed by atoms with Crippen LogP contribution in [0.15, 0.2) is 46.9 Å². The summed E-state index contributed by atoms with van der Waals surface area (Å²) in [6, 6.07) is 13.4. The molecule has 0 aliphatic rings. The zero-order valence-corrected chi connectivity index (χ0v) is 17.9. The van der Waals surface area contributed by atoms with E-state index in [9.17, 15) is 4.79 Å². The second-order valence-electron chi connectivity index (χ2n) is 8.43. The predicted molar refractivity (Wildman–Crippen MR) is 109 cm³/mol. The van der Waals surface area contributed by atoms with Crippen molar-refractivity contribution >= 4 is 21.9 Å². The Kier molecular flexibility index (Phi) is 6.17. The number of halogens is 1. The highest BCUT2D eigenvalue weighted by Gasteiger charge is 2.20. The molecule has 0 N–H and O–H groups in total. The molecule has 0 amide bonds. The first kappa shape index (κ1) is 20.5. The fraction of sp³-hybridized carbons (Fsp3) is 0.409. The van der Waals surface area contributed by atoms with Crippen LogP contribution in [0.3, 0.4) is 0 Å². The lowest BCUT2D eigenvalue weighted by Crippen LogP contribution is -2.20. The fourth-order valence-corrected chi connectivity index (χ4v) is 2.90. The molecule has 0 aliphatic carbocycles. The topological polar surface area (TPSA) is 35.5 Å². The molecule has 2 aromatic carbocycles. The Morgan fingerprint density at radius 1 is 0.923 bits per heavy atom. The highest BCUT2D eigenvalue weighted by atomic mass is 79.9. The summed E-state index contributed by atoms with van der Waals surface area (Å²) >= 11 is 3.49. The van der Waals surface area contributed by atoms with Crippen molar-refractivity contribution in [2.45, 2.75) is 52.4 Å². The molecule has 4 heteroatoms. The number of carbonyl (C=O) groups excluding carboxylic acids is 1. The van der Waals surface area contributed by atoms with Gasteiger partial charge in [-0.05, 0) is 46.7 Å². The Morgan fingerprint density at radius 2 is 1.54 bits per heavy atom. The maximum atomic E-state index is 12.1. The second-order valence-corrected chi connectivity index (χ2v) is 9.34. The summed E-state index contributed by atoms with van der Waals surface area (Å²) in [5.74, 6) is 0.801. The van der Waals surface area contributed by atoms with Gasteiger partial charge in [0.25, 0.3) is 0 Å². The number of carbonyl (C=O) groups is 1. The standard InChI is InChI=1S/C22H27BrO3/c1-21(2,3)15-7-10-17(11-8-15)26-20(24)14-25-19-12-9-16(23)13-18(19)22(4,5)6/h7-13H,14H2,1-6H3. The van der Waals surface area contributed by atoms with E-state index >= 15 is 0 Å². The van der Waals surface area contributed by atoms with Crippen LogP contribution in [0.25, 0.3) is 0 Å². The highest BCUT2D eigenvalue weighted by Crippen LogP contribution is 2.33. The molecule has 0 heterocycles.